The minimum atomic E-state index is -0.343. The van der Waals surface area contributed by atoms with E-state index in [2.05, 4.69) is 10.5 Å². The summed E-state index contributed by atoms with van der Waals surface area (Å²) in [4.78, 5) is 21.6. The Kier molecular flexibility index (Phi) is 4.77. The Hall–Kier alpha value is -2.56. The molecule has 0 atom stereocenters. The van der Waals surface area contributed by atoms with Gasteiger partial charge in [0.2, 0.25) is 5.91 Å². The zero-order valence-electron chi connectivity index (χ0n) is 11.6. The van der Waals surface area contributed by atoms with Crippen LogP contribution in [0.4, 0.5) is 10.1 Å². The Morgan fingerprint density at radius 3 is 2.71 bits per heavy atom. The predicted octanol–water partition coefficient (Wildman–Crippen LogP) is 3.57. The largest absolute Gasteiger partial charge is 0.356 e. The maximum Gasteiger partial charge on any atom is 0.216 e. The molecule has 0 fully saturated rings. The molecule has 1 amide bonds. The van der Waals surface area contributed by atoms with Gasteiger partial charge in [0.25, 0.3) is 0 Å². The molecule has 0 aliphatic heterocycles. The van der Waals surface area contributed by atoms with Crippen LogP contribution in [0.15, 0.2) is 47.6 Å². The molecule has 0 heterocycles. The number of rotatable bonds is 5. The van der Waals surface area contributed by atoms with Crippen molar-refractivity contribution >= 4 is 11.6 Å². The first-order chi connectivity index (χ1) is 10.1. The summed E-state index contributed by atoms with van der Waals surface area (Å²) in [7, 11) is 0. The molecule has 0 bridgehead atoms. The summed E-state index contributed by atoms with van der Waals surface area (Å²) < 4.78 is 13.4. The molecule has 0 aliphatic rings. The number of carbonyl (C=O) groups is 1. The van der Waals surface area contributed by atoms with Gasteiger partial charge in [0.05, 0.1) is 0 Å². The van der Waals surface area contributed by atoms with Crippen LogP contribution in [0, 0.1) is 10.7 Å². The number of nitroso groups, excluding NO2 is 1. The van der Waals surface area contributed by atoms with E-state index in [0.717, 1.165) is 11.1 Å². The van der Waals surface area contributed by atoms with Crippen molar-refractivity contribution < 1.29 is 9.18 Å². The third-order valence-corrected chi connectivity index (χ3v) is 3.10. The molecule has 1 N–H and O–H groups in total. The summed E-state index contributed by atoms with van der Waals surface area (Å²) >= 11 is 0. The van der Waals surface area contributed by atoms with Crippen molar-refractivity contribution in [1.82, 2.24) is 5.32 Å². The van der Waals surface area contributed by atoms with E-state index >= 15 is 0 Å². The number of nitrogens with one attached hydrogen (secondary N) is 1. The average Bonchev–Trinajstić information content (AvgIpc) is 2.47. The molecule has 2 aromatic rings. The van der Waals surface area contributed by atoms with Crippen molar-refractivity contribution in [2.45, 2.75) is 13.3 Å². The van der Waals surface area contributed by atoms with Gasteiger partial charge in [-0.2, -0.15) is 0 Å². The van der Waals surface area contributed by atoms with Crippen LogP contribution >= 0.6 is 0 Å². The summed E-state index contributed by atoms with van der Waals surface area (Å²) in [5.74, 6) is -0.446. The summed E-state index contributed by atoms with van der Waals surface area (Å²) in [6.45, 7) is 1.93. The monoisotopic (exact) mass is 286 g/mol. The van der Waals surface area contributed by atoms with E-state index in [4.69, 9.17) is 0 Å². The van der Waals surface area contributed by atoms with Crippen LogP contribution in [0.5, 0.6) is 0 Å². The van der Waals surface area contributed by atoms with Crippen molar-refractivity contribution in [2.24, 2.45) is 5.18 Å². The van der Waals surface area contributed by atoms with Crippen LogP contribution in [0.25, 0.3) is 11.1 Å². The zero-order valence-corrected chi connectivity index (χ0v) is 11.6. The van der Waals surface area contributed by atoms with Gasteiger partial charge in [-0.3, -0.25) is 4.79 Å². The van der Waals surface area contributed by atoms with Gasteiger partial charge in [-0.1, -0.05) is 18.2 Å². The lowest BCUT2D eigenvalue weighted by Gasteiger charge is -2.11. The lowest BCUT2D eigenvalue weighted by molar-refractivity contribution is -0.118. The summed E-state index contributed by atoms with van der Waals surface area (Å²) in [6, 6.07) is 11.2. The van der Waals surface area contributed by atoms with Gasteiger partial charge < -0.3 is 5.32 Å². The van der Waals surface area contributed by atoms with Crippen LogP contribution < -0.4 is 5.32 Å². The van der Waals surface area contributed by atoms with Crippen molar-refractivity contribution in [3.63, 3.8) is 0 Å². The number of carbonyl (C=O) groups excluding carboxylic acids is 1. The molecule has 0 aromatic heterocycles. The van der Waals surface area contributed by atoms with Crippen molar-refractivity contribution in [3.8, 4) is 11.1 Å². The van der Waals surface area contributed by atoms with Gasteiger partial charge >= 0.3 is 0 Å². The van der Waals surface area contributed by atoms with Crippen LogP contribution in [-0.2, 0) is 11.2 Å². The van der Waals surface area contributed by atoms with E-state index in [-0.39, 0.29) is 17.4 Å². The van der Waals surface area contributed by atoms with E-state index < -0.39 is 0 Å². The van der Waals surface area contributed by atoms with Crippen molar-refractivity contribution in [1.29, 1.82) is 0 Å². The van der Waals surface area contributed by atoms with E-state index in [1.54, 1.807) is 30.3 Å². The van der Waals surface area contributed by atoms with Gasteiger partial charge in [0, 0.05) is 13.5 Å². The highest BCUT2D eigenvalue weighted by molar-refractivity contribution is 5.73. The molecule has 0 saturated heterocycles. The van der Waals surface area contributed by atoms with E-state index in [1.807, 2.05) is 0 Å². The second-order valence-electron chi connectivity index (χ2n) is 4.68. The number of nitrogens with zero attached hydrogens (tertiary/aromatic N) is 1. The summed E-state index contributed by atoms with van der Waals surface area (Å²) in [5.41, 5.74) is 2.63. The first-order valence-electron chi connectivity index (χ1n) is 6.57. The molecular formula is C16H15FN2O2. The summed E-state index contributed by atoms with van der Waals surface area (Å²) in [5, 5.41) is 5.63. The second-order valence-corrected chi connectivity index (χ2v) is 4.68. The van der Waals surface area contributed by atoms with Crippen LogP contribution in [0.1, 0.15) is 12.5 Å². The number of hydrogen-bond donors (Lipinski definition) is 1. The highest BCUT2D eigenvalue weighted by Gasteiger charge is 2.08. The molecule has 5 heteroatoms. The highest BCUT2D eigenvalue weighted by atomic mass is 19.1. The maximum absolute atomic E-state index is 13.4. The molecule has 0 spiro atoms. The Labute approximate surface area is 122 Å². The molecule has 108 valence electrons. The minimum absolute atomic E-state index is 0.103. The van der Waals surface area contributed by atoms with E-state index in [1.165, 1.54) is 19.1 Å². The average molecular weight is 286 g/mol. The summed E-state index contributed by atoms with van der Waals surface area (Å²) in [6.07, 6.45) is 0.588. The Balaban J connectivity index is 2.36. The normalized spacial score (nSPS) is 10.2. The topological polar surface area (TPSA) is 58.5 Å². The van der Waals surface area contributed by atoms with Crippen LogP contribution in [0.2, 0.25) is 0 Å². The number of benzene rings is 2. The third kappa shape index (κ3) is 3.95. The fourth-order valence-corrected chi connectivity index (χ4v) is 2.14. The lowest BCUT2D eigenvalue weighted by Crippen LogP contribution is -2.22. The predicted molar refractivity (Wildman–Crippen MR) is 79.7 cm³/mol. The number of amides is 1. The fourth-order valence-electron chi connectivity index (χ4n) is 2.14. The lowest BCUT2D eigenvalue weighted by atomic mass is 9.97. The first kappa shape index (κ1) is 14.8. The zero-order chi connectivity index (χ0) is 15.2. The smallest absolute Gasteiger partial charge is 0.216 e. The van der Waals surface area contributed by atoms with Gasteiger partial charge in [0.15, 0.2) is 0 Å². The van der Waals surface area contributed by atoms with Gasteiger partial charge in [-0.15, -0.1) is 4.91 Å². The SMILES string of the molecule is CC(=O)NCCc1ccc(N=O)cc1-c1cccc(F)c1. The van der Waals surface area contributed by atoms with Crippen LogP contribution in [-0.4, -0.2) is 12.5 Å². The third-order valence-electron chi connectivity index (χ3n) is 3.10. The Morgan fingerprint density at radius 2 is 2.05 bits per heavy atom. The maximum atomic E-state index is 13.4. The molecule has 2 aromatic carbocycles. The van der Waals surface area contributed by atoms with Crippen molar-refractivity contribution in [3.05, 3.63) is 58.8 Å². The van der Waals surface area contributed by atoms with E-state index in [0.29, 0.717) is 18.5 Å². The van der Waals surface area contributed by atoms with Crippen molar-refractivity contribution in [2.75, 3.05) is 6.54 Å². The molecule has 0 radical (unpaired) electrons. The van der Waals surface area contributed by atoms with Crippen LogP contribution in [0.3, 0.4) is 0 Å². The molecule has 0 unspecified atom stereocenters. The standard InChI is InChI=1S/C16H15FN2O2/c1-11(20)18-8-7-12-5-6-15(19-21)10-16(12)13-3-2-4-14(17)9-13/h2-6,9-10H,7-8H2,1H3,(H,18,20). The van der Waals surface area contributed by atoms with Gasteiger partial charge in [-0.05, 0) is 52.6 Å². The first-order valence-corrected chi connectivity index (χ1v) is 6.57. The molecule has 4 nitrogen and oxygen atoms in total. The van der Waals surface area contributed by atoms with Gasteiger partial charge in [-0.25, -0.2) is 4.39 Å². The molecular weight excluding hydrogens is 271 g/mol. The Bertz CT molecular complexity index is 671. The van der Waals surface area contributed by atoms with Gasteiger partial charge in [0.1, 0.15) is 11.5 Å². The number of hydrogen-bond acceptors (Lipinski definition) is 3. The fraction of sp³-hybridized carbons (Fsp3) is 0.188. The minimum Gasteiger partial charge on any atom is -0.356 e. The Morgan fingerprint density at radius 1 is 1.24 bits per heavy atom. The molecule has 0 saturated carbocycles. The van der Waals surface area contributed by atoms with E-state index in [9.17, 15) is 14.1 Å². The molecule has 21 heavy (non-hydrogen) atoms. The second kappa shape index (κ2) is 6.74. The number of halogens is 1. The molecule has 0 aliphatic carbocycles. The quantitative estimate of drug-likeness (QED) is 0.854. The highest BCUT2D eigenvalue weighted by Crippen LogP contribution is 2.29. The molecule has 2 rings (SSSR count).